The number of nitrogens with one attached hydrogen (secondary N) is 1. The fourth-order valence-corrected chi connectivity index (χ4v) is 2.47. The third-order valence-corrected chi connectivity index (χ3v) is 3.46. The van der Waals surface area contributed by atoms with Crippen LogP contribution in [0.5, 0.6) is 0 Å². The van der Waals surface area contributed by atoms with Gasteiger partial charge in [0.1, 0.15) is 17.5 Å². The lowest BCUT2D eigenvalue weighted by Gasteiger charge is -2.25. The summed E-state index contributed by atoms with van der Waals surface area (Å²) in [6.45, 7) is 12.1. The normalized spacial score (nSPS) is 10.5. The van der Waals surface area contributed by atoms with E-state index in [0.717, 1.165) is 36.1 Å². The molecule has 4 nitrogen and oxygen atoms in total. The molecular formula is C17H24N4. The van der Waals surface area contributed by atoms with Crippen LogP contribution in [0.1, 0.15) is 30.8 Å². The van der Waals surface area contributed by atoms with Gasteiger partial charge in [-0.25, -0.2) is 9.97 Å². The van der Waals surface area contributed by atoms with Crippen molar-refractivity contribution < 1.29 is 0 Å². The first-order valence-electron chi connectivity index (χ1n) is 7.50. The second-order valence-electron chi connectivity index (χ2n) is 5.18. The van der Waals surface area contributed by atoms with Crippen molar-refractivity contribution >= 4 is 17.3 Å². The predicted molar refractivity (Wildman–Crippen MR) is 89.5 cm³/mol. The van der Waals surface area contributed by atoms with Crippen LogP contribution in [0.2, 0.25) is 0 Å². The van der Waals surface area contributed by atoms with Crippen molar-refractivity contribution in [2.24, 2.45) is 0 Å². The molecule has 0 fully saturated rings. The van der Waals surface area contributed by atoms with Crippen molar-refractivity contribution in [2.45, 2.75) is 34.6 Å². The summed E-state index contributed by atoms with van der Waals surface area (Å²) < 4.78 is 0. The highest BCUT2D eigenvalue weighted by Gasteiger charge is 2.16. The molecule has 0 saturated heterocycles. The zero-order valence-electron chi connectivity index (χ0n) is 13.6. The number of hydrogen-bond acceptors (Lipinski definition) is 4. The van der Waals surface area contributed by atoms with E-state index in [1.165, 1.54) is 11.3 Å². The Morgan fingerprint density at radius 2 is 1.86 bits per heavy atom. The molecule has 0 bridgehead atoms. The Hall–Kier alpha value is -2.10. The summed E-state index contributed by atoms with van der Waals surface area (Å²) in [7, 11) is 0. The molecule has 0 aliphatic heterocycles. The van der Waals surface area contributed by atoms with E-state index in [1.807, 2.05) is 6.92 Å². The Morgan fingerprint density at radius 3 is 2.48 bits per heavy atom. The SMILES string of the molecule is CCNc1nc(C)nc(N(CC)c2cccc(C)c2)c1C. The summed E-state index contributed by atoms with van der Waals surface area (Å²) >= 11 is 0. The average Bonchev–Trinajstić information content (AvgIpc) is 2.45. The largest absolute Gasteiger partial charge is 0.370 e. The number of aromatic nitrogens is 2. The Kier molecular flexibility index (Phi) is 4.78. The van der Waals surface area contributed by atoms with E-state index >= 15 is 0 Å². The molecule has 4 heteroatoms. The van der Waals surface area contributed by atoms with Gasteiger partial charge < -0.3 is 10.2 Å². The lowest BCUT2D eigenvalue weighted by molar-refractivity contribution is 0.933. The third kappa shape index (κ3) is 3.32. The first kappa shape index (κ1) is 15.3. The molecule has 0 atom stereocenters. The monoisotopic (exact) mass is 284 g/mol. The zero-order chi connectivity index (χ0) is 15.4. The van der Waals surface area contributed by atoms with Gasteiger partial charge in [0.15, 0.2) is 0 Å². The van der Waals surface area contributed by atoms with Crippen LogP contribution in [-0.2, 0) is 0 Å². The third-order valence-electron chi connectivity index (χ3n) is 3.46. The molecular weight excluding hydrogens is 260 g/mol. The van der Waals surface area contributed by atoms with Crippen molar-refractivity contribution in [2.75, 3.05) is 23.3 Å². The number of anilines is 3. The van der Waals surface area contributed by atoms with Gasteiger partial charge in [0, 0.05) is 24.3 Å². The summed E-state index contributed by atoms with van der Waals surface area (Å²) in [6, 6.07) is 8.51. The average molecular weight is 284 g/mol. The van der Waals surface area contributed by atoms with Gasteiger partial charge in [-0.2, -0.15) is 0 Å². The van der Waals surface area contributed by atoms with Gasteiger partial charge in [-0.15, -0.1) is 0 Å². The minimum absolute atomic E-state index is 0.789. The van der Waals surface area contributed by atoms with Gasteiger partial charge in [0.2, 0.25) is 0 Å². The van der Waals surface area contributed by atoms with Crippen LogP contribution in [-0.4, -0.2) is 23.1 Å². The lowest BCUT2D eigenvalue weighted by Crippen LogP contribution is -2.20. The van der Waals surface area contributed by atoms with Gasteiger partial charge in [0.05, 0.1) is 0 Å². The van der Waals surface area contributed by atoms with Crippen molar-refractivity contribution in [3.05, 3.63) is 41.2 Å². The maximum absolute atomic E-state index is 4.67. The van der Waals surface area contributed by atoms with Crippen LogP contribution in [0.3, 0.4) is 0 Å². The summed E-state index contributed by atoms with van der Waals surface area (Å²) in [4.78, 5) is 11.4. The lowest BCUT2D eigenvalue weighted by atomic mass is 10.2. The highest BCUT2D eigenvalue weighted by molar-refractivity contribution is 5.67. The quantitative estimate of drug-likeness (QED) is 0.901. The smallest absolute Gasteiger partial charge is 0.141 e. The van der Waals surface area contributed by atoms with Gasteiger partial charge in [-0.1, -0.05) is 12.1 Å². The van der Waals surface area contributed by atoms with Crippen molar-refractivity contribution in [3.63, 3.8) is 0 Å². The topological polar surface area (TPSA) is 41.1 Å². The molecule has 1 N–H and O–H groups in total. The summed E-state index contributed by atoms with van der Waals surface area (Å²) in [5.74, 6) is 2.69. The van der Waals surface area contributed by atoms with Crippen LogP contribution < -0.4 is 10.2 Å². The number of hydrogen-bond donors (Lipinski definition) is 1. The van der Waals surface area contributed by atoms with Crippen LogP contribution in [0.25, 0.3) is 0 Å². The van der Waals surface area contributed by atoms with Crippen LogP contribution in [0.4, 0.5) is 17.3 Å². The second kappa shape index (κ2) is 6.57. The number of benzene rings is 1. The molecule has 2 rings (SSSR count). The van der Waals surface area contributed by atoms with E-state index in [0.29, 0.717) is 0 Å². The molecule has 1 aromatic heterocycles. The van der Waals surface area contributed by atoms with Gasteiger partial charge in [0.25, 0.3) is 0 Å². The number of rotatable bonds is 5. The van der Waals surface area contributed by atoms with Gasteiger partial charge in [-0.3, -0.25) is 0 Å². The molecule has 2 aromatic rings. The predicted octanol–water partition coefficient (Wildman–Crippen LogP) is 3.99. The van der Waals surface area contributed by atoms with Gasteiger partial charge in [-0.05, 0) is 52.3 Å². The highest BCUT2D eigenvalue weighted by Crippen LogP contribution is 2.30. The molecule has 1 heterocycles. The minimum atomic E-state index is 0.789. The Balaban J connectivity index is 2.52. The van der Waals surface area contributed by atoms with E-state index in [2.05, 4.69) is 72.1 Å². The number of nitrogens with zero attached hydrogens (tertiary/aromatic N) is 3. The van der Waals surface area contributed by atoms with Crippen LogP contribution in [0.15, 0.2) is 24.3 Å². The molecule has 0 aliphatic rings. The molecule has 1 aromatic carbocycles. The van der Waals surface area contributed by atoms with Crippen LogP contribution in [0, 0.1) is 20.8 Å². The maximum atomic E-state index is 4.67. The molecule has 0 radical (unpaired) electrons. The fourth-order valence-electron chi connectivity index (χ4n) is 2.47. The molecule has 112 valence electrons. The summed E-state index contributed by atoms with van der Waals surface area (Å²) in [5, 5.41) is 3.32. The first-order chi connectivity index (χ1) is 10.1. The van der Waals surface area contributed by atoms with E-state index in [1.54, 1.807) is 0 Å². The molecule has 0 amide bonds. The first-order valence-corrected chi connectivity index (χ1v) is 7.50. The van der Waals surface area contributed by atoms with Crippen molar-refractivity contribution in [1.29, 1.82) is 0 Å². The fraction of sp³-hybridized carbons (Fsp3) is 0.412. The van der Waals surface area contributed by atoms with Crippen molar-refractivity contribution in [3.8, 4) is 0 Å². The van der Waals surface area contributed by atoms with E-state index in [4.69, 9.17) is 0 Å². The van der Waals surface area contributed by atoms with E-state index in [-0.39, 0.29) is 0 Å². The molecule has 0 spiro atoms. The summed E-state index contributed by atoms with van der Waals surface area (Å²) in [5.41, 5.74) is 3.51. The second-order valence-corrected chi connectivity index (χ2v) is 5.18. The standard InChI is InChI=1S/C17H24N4/c1-6-18-16-13(4)17(20-14(5)19-16)21(7-2)15-10-8-9-12(3)11-15/h8-11H,6-7H2,1-5H3,(H,18,19,20). The molecule has 0 aliphatic carbocycles. The zero-order valence-corrected chi connectivity index (χ0v) is 13.6. The van der Waals surface area contributed by atoms with Gasteiger partial charge >= 0.3 is 0 Å². The molecule has 21 heavy (non-hydrogen) atoms. The Bertz CT molecular complexity index is 622. The highest BCUT2D eigenvalue weighted by atomic mass is 15.2. The van der Waals surface area contributed by atoms with E-state index < -0.39 is 0 Å². The molecule has 0 unspecified atom stereocenters. The number of aryl methyl sites for hydroxylation is 2. The summed E-state index contributed by atoms with van der Waals surface area (Å²) in [6.07, 6.45) is 0. The Labute approximate surface area is 127 Å². The van der Waals surface area contributed by atoms with Crippen LogP contribution >= 0.6 is 0 Å². The minimum Gasteiger partial charge on any atom is -0.370 e. The maximum Gasteiger partial charge on any atom is 0.141 e. The van der Waals surface area contributed by atoms with Crippen molar-refractivity contribution in [1.82, 2.24) is 9.97 Å². The Morgan fingerprint density at radius 1 is 1.10 bits per heavy atom. The molecule has 0 saturated carbocycles. The van der Waals surface area contributed by atoms with E-state index in [9.17, 15) is 0 Å².